The summed E-state index contributed by atoms with van der Waals surface area (Å²) in [7, 11) is -2.20. The Kier molecular flexibility index (Phi) is 6.85. The number of fused-ring (bicyclic) bond motifs is 3. The summed E-state index contributed by atoms with van der Waals surface area (Å²) < 4.78 is 33.4. The van der Waals surface area contributed by atoms with Gasteiger partial charge in [0.1, 0.15) is 0 Å². The number of benzene rings is 3. The summed E-state index contributed by atoms with van der Waals surface area (Å²) in [4.78, 5) is 14.3. The molecule has 36 heavy (non-hydrogen) atoms. The molecular formula is C27H23Cl2NO4S2. The first-order valence-electron chi connectivity index (χ1n) is 11.3. The number of nitrogens with zero attached hydrogens (tertiary/aromatic N) is 1. The number of carbonyl (C=O) groups excluding carboxylic acids is 1. The minimum Gasteiger partial charge on any atom is -0.469 e. The van der Waals surface area contributed by atoms with Crippen LogP contribution in [0.25, 0.3) is 22.0 Å². The first kappa shape index (κ1) is 25.2. The Bertz CT molecular complexity index is 1580. The summed E-state index contributed by atoms with van der Waals surface area (Å²) >= 11 is 13.7. The molecule has 0 saturated carbocycles. The van der Waals surface area contributed by atoms with Crippen LogP contribution in [0.15, 0.2) is 75.4 Å². The van der Waals surface area contributed by atoms with E-state index in [1.807, 2.05) is 42.5 Å². The zero-order valence-electron chi connectivity index (χ0n) is 19.6. The smallest absolute Gasteiger partial charge is 0.306 e. The number of methoxy groups -OCH3 is 1. The molecule has 186 valence electrons. The van der Waals surface area contributed by atoms with Gasteiger partial charge >= 0.3 is 5.97 Å². The predicted octanol–water partition coefficient (Wildman–Crippen LogP) is 7.22. The molecule has 1 atom stereocenters. The number of carbonyl (C=O) groups is 1. The van der Waals surface area contributed by atoms with Crippen molar-refractivity contribution >= 4 is 61.7 Å². The van der Waals surface area contributed by atoms with E-state index in [1.54, 1.807) is 18.2 Å². The summed E-state index contributed by atoms with van der Waals surface area (Å²) in [6, 6.07) is 18.6. The molecule has 1 aliphatic heterocycles. The number of sulfone groups is 1. The zero-order valence-corrected chi connectivity index (χ0v) is 22.8. The molecular weight excluding hydrogens is 537 g/mol. The molecule has 1 aromatic heterocycles. The molecule has 0 spiro atoms. The van der Waals surface area contributed by atoms with E-state index >= 15 is 0 Å². The van der Waals surface area contributed by atoms with Crippen LogP contribution < -0.4 is 0 Å². The lowest BCUT2D eigenvalue weighted by molar-refractivity contribution is -0.141. The van der Waals surface area contributed by atoms with E-state index in [9.17, 15) is 13.2 Å². The van der Waals surface area contributed by atoms with Crippen LogP contribution in [0.3, 0.4) is 0 Å². The van der Waals surface area contributed by atoms with Crippen molar-refractivity contribution < 1.29 is 17.9 Å². The minimum atomic E-state index is -3.59. The number of aromatic nitrogens is 1. The van der Waals surface area contributed by atoms with Gasteiger partial charge in [-0.05, 0) is 66.1 Å². The number of hydrogen-bond donors (Lipinski definition) is 0. The molecule has 0 aliphatic carbocycles. The fourth-order valence-corrected chi connectivity index (χ4v) is 7.24. The van der Waals surface area contributed by atoms with Crippen molar-refractivity contribution in [1.82, 2.24) is 4.57 Å². The number of rotatable bonds is 6. The van der Waals surface area contributed by atoms with E-state index in [4.69, 9.17) is 27.9 Å². The van der Waals surface area contributed by atoms with Crippen molar-refractivity contribution in [2.24, 2.45) is 0 Å². The zero-order chi connectivity index (χ0) is 25.6. The summed E-state index contributed by atoms with van der Waals surface area (Å²) in [5, 5.41) is 1.91. The monoisotopic (exact) mass is 559 g/mol. The summed E-state index contributed by atoms with van der Waals surface area (Å²) in [5.74, 6) is -0.364. The lowest BCUT2D eigenvalue weighted by atomic mass is 9.99. The molecule has 0 bridgehead atoms. The van der Waals surface area contributed by atoms with E-state index in [1.165, 1.54) is 25.1 Å². The quantitative estimate of drug-likeness (QED) is 0.233. The number of halogens is 2. The van der Waals surface area contributed by atoms with Crippen LogP contribution in [0.1, 0.15) is 24.5 Å². The van der Waals surface area contributed by atoms with Crippen molar-refractivity contribution in [1.29, 1.82) is 0 Å². The topological polar surface area (TPSA) is 65.4 Å². The normalized spacial score (nSPS) is 15.3. The number of aryl methyl sites for hydroxylation is 1. The van der Waals surface area contributed by atoms with Gasteiger partial charge in [-0.2, -0.15) is 0 Å². The van der Waals surface area contributed by atoms with E-state index < -0.39 is 9.84 Å². The largest absolute Gasteiger partial charge is 0.469 e. The fraction of sp³-hybridized carbons (Fsp3) is 0.222. The van der Waals surface area contributed by atoms with Crippen LogP contribution >= 0.6 is 35.0 Å². The Morgan fingerprint density at radius 3 is 2.28 bits per heavy atom. The van der Waals surface area contributed by atoms with Crippen molar-refractivity contribution in [2.75, 3.05) is 13.4 Å². The molecule has 0 fully saturated rings. The molecule has 0 amide bonds. The predicted molar refractivity (Wildman–Crippen MR) is 145 cm³/mol. The second-order valence-corrected chi connectivity index (χ2v) is 12.8. The standard InChI is InChI=1S/C27H23Cl2NO4S2/c1-34-24(31)15-17-11-12-30-22-13-18(16-3-5-19(28)6-4-16)14-23(36(2,32)33)25(22)27(26(17)30)35-21-9-7-20(29)8-10-21/h3-10,13-14,17H,11-12,15H2,1-2H3. The molecule has 4 aromatic rings. The first-order chi connectivity index (χ1) is 17.2. The van der Waals surface area contributed by atoms with Gasteiger partial charge in [-0.3, -0.25) is 4.79 Å². The van der Waals surface area contributed by atoms with E-state index in [-0.39, 0.29) is 23.2 Å². The molecule has 0 radical (unpaired) electrons. The first-order valence-corrected chi connectivity index (χ1v) is 14.8. The van der Waals surface area contributed by atoms with Crippen molar-refractivity contribution in [2.45, 2.75) is 40.0 Å². The molecule has 9 heteroatoms. The third-order valence-electron chi connectivity index (χ3n) is 6.46. The molecule has 0 saturated heterocycles. The lowest BCUT2D eigenvalue weighted by Gasteiger charge is -2.13. The Morgan fingerprint density at radius 1 is 1.03 bits per heavy atom. The second kappa shape index (κ2) is 9.78. The van der Waals surface area contributed by atoms with Crippen LogP contribution in [-0.4, -0.2) is 32.3 Å². The van der Waals surface area contributed by atoms with Gasteiger partial charge in [0.05, 0.1) is 23.9 Å². The maximum Gasteiger partial charge on any atom is 0.306 e. The van der Waals surface area contributed by atoms with Crippen LogP contribution in [0.2, 0.25) is 10.0 Å². The molecule has 3 aromatic carbocycles. The number of ether oxygens (including phenoxy) is 1. The average Bonchev–Trinajstić information content (AvgIpc) is 3.39. The van der Waals surface area contributed by atoms with E-state index in [0.29, 0.717) is 22.0 Å². The Balaban J connectivity index is 1.79. The van der Waals surface area contributed by atoms with Gasteiger partial charge in [-0.25, -0.2) is 8.42 Å². The van der Waals surface area contributed by atoms with Crippen LogP contribution in [0, 0.1) is 0 Å². The Hall–Kier alpha value is -2.45. The van der Waals surface area contributed by atoms with Gasteiger partial charge in [0.15, 0.2) is 9.84 Å². The van der Waals surface area contributed by atoms with Gasteiger partial charge in [0, 0.05) is 49.6 Å². The highest BCUT2D eigenvalue weighted by Crippen LogP contribution is 2.49. The molecule has 1 aliphatic rings. The van der Waals surface area contributed by atoms with Gasteiger partial charge in [-0.1, -0.05) is 47.1 Å². The van der Waals surface area contributed by atoms with Gasteiger partial charge in [0.25, 0.3) is 0 Å². The van der Waals surface area contributed by atoms with Crippen LogP contribution in [0.5, 0.6) is 0 Å². The highest BCUT2D eigenvalue weighted by molar-refractivity contribution is 7.99. The average molecular weight is 561 g/mol. The third kappa shape index (κ3) is 4.77. The van der Waals surface area contributed by atoms with E-state index in [0.717, 1.165) is 38.5 Å². The third-order valence-corrected chi connectivity index (χ3v) is 9.21. The lowest BCUT2D eigenvalue weighted by Crippen LogP contribution is -2.07. The van der Waals surface area contributed by atoms with Crippen molar-refractivity contribution in [3.63, 3.8) is 0 Å². The Labute approximate surface area is 224 Å². The van der Waals surface area contributed by atoms with E-state index in [2.05, 4.69) is 4.57 Å². The summed E-state index contributed by atoms with van der Waals surface area (Å²) in [6.45, 7) is 0.682. The second-order valence-electron chi connectivity index (χ2n) is 8.84. The maximum absolute atomic E-state index is 13.1. The van der Waals surface area contributed by atoms with Crippen molar-refractivity contribution in [3.8, 4) is 11.1 Å². The van der Waals surface area contributed by atoms with Crippen LogP contribution in [0.4, 0.5) is 0 Å². The SMILES string of the molecule is COC(=O)CC1CCn2c1c(Sc1ccc(Cl)cc1)c1c(S(C)(=O)=O)cc(-c3ccc(Cl)cc3)cc12. The highest BCUT2D eigenvalue weighted by atomic mass is 35.5. The molecule has 2 heterocycles. The molecule has 5 rings (SSSR count). The molecule has 1 unspecified atom stereocenters. The minimum absolute atomic E-state index is 0.0777. The fourth-order valence-electron chi connectivity index (χ4n) is 4.80. The molecule has 0 N–H and O–H groups in total. The van der Waals surface area contributed by atoms with Crippen molar-refractivity contribution in [3.05, 3.63) is 76.4 Å². The van der Waals surface area contributed by atoms with Gasteiger partial charge in [-0.15, -0.1) is 0 Å². The number of hydrogen-bond acceptors (Lipinski definition) is 5. The molecule has 5 nitrogen and oxygen atoms in total. The summed E-state index contributed by atoms with van der Waals surface area (Å²) in [5.41, 5.74) is 3.47. The highest BCUT2D eigenvalue weighted by Gasteiger charge is 2.34. The van der Waals surface area contributed by atoms with Gasteiger partial charge in [0.2, 0.25) is 0 Å². The Morgan fingerprint density at radius 2 is 1.67 bits per heavy atom. The van der Waals surface area contributed by atoms with Gasteiger partial charge < -0.3 is 9.30 Å². The van der Waals surface area contributed by atoms with Crippen LogP contribution in [-0.2, 0) is 25.9 Å². The number of esters is 1. The maximum atomic E-state index is 13.1. The summed E-state index contributed by atoms with van der Waals surface area (Å²) in [6.07, 6.45) is 2.24.